The van der Waals surface area contributed by atoms with E-state index in [0.29, 0.717) is 28.7 Å². The molecule has 4 nitrogen and oxygen atoms in total. The fraction of sp³-hybridized carbons (Fsp3) is 0.333. The molecule has 0 N–H and O–H groups in total. The van der Waals surface area contributed by atoms with Crippen molar-refractivity contribution in [3.63, 3.8) is 0 Å². The molecule has 0 unspecified atom stereocenters. The van der Waals surface area contributed by atoms with Crippen LogP contribution in [0.3, 0.4) is 0 Å². The fourth-order valence-corrected chi connectivity index (χ4v) is 4.22. The minimum Gasteiger partial charge on any atom is -0.325 e. The number of nitrogens with zero attached hydrogens (tertiary/aromatic N) is 2. The second kappa shape index (κ2) is 7.17. The van der Waals surface area contributed by atoms with E-state index in [2.05, 4.69) is 12.1 Å². The van der Waals surface area contributed by atoms with Crippen molar-refractivity contribution >= 4 is 40.7 Å². The van der Waals surface area contributed by atoms with Crippen LogP contribution in [-0.2, 0) is 17.6 Å². The normalized spacial score (nSPS) is 19.4. The van der Waals surface area contributed by atoms with Crippen molar-refractivity contribution in [2.75, 3.05) is 18.0 Å². The lowest BCUT2D eigenvalue weighted by molar-refractivity contribution is -0.124. The molecule has 2 aromatic rings. The number of rotatable bonds is 2. The number of amides is 2. The summed E-state index contributed by atoms with van der Waals surface area (Å²) in [5, 5.41) is 0.733. The maximum Gasteiger partial charge on any atom is 0.254 e. The van der Waals surface area contributed by atoms with Crippen LogP contribution in [0, 0.1) is 0 Å². The molecule has 1 saturated heterocycles. The molecule has 0 saturated carbocycles. The lowest BCUT2D eigenvalue weighted by atomic mass is 10.1. The molecule has 2 aromatic carbocycles. The van der Waals surface area contributed by atoms with Gasteiger partial charge < -0.3 is 9.80 Å². The number of fused-ring (bicyclic) bond motifs is 1. The van der Waals surface area contributed by atoms with Gasteiger partial charge in [-0.1, -0.05) is 29.3 Å². The van der Waals surface area contributed by atoms with Crippen LogP contribution in [-0.4, -0.2) is 35.8 Å². The van der Waals surface area contributed by atoms with Gasteiger partial charge in [0, 0.05) is 24.3 Å². The van der Waals surface area contributed by atoms with Gasteiger partial charge in [-0.3, -0.25) is 9.59 Å². The van der Waals surface area contributed by atoms with Gasteiger partial charge in [0.1, 0.15) is 6.04 Å². The van der Waals surface area contributed by atoms with Crippen molar-refractivity contribution in [2.24, 2.45) is 0 Å². The number of halogens is 2. The number of carbonyl (C=O) groups excluding carboxylic acids is 2. The average Bonchev–Trinajstić information content (AvgIpc) is 3.13. The highest BCUT2D eigenvalue weighted by Gasteiger charge is 2.35. The lowest BCUT2D eigenvalue weighted by Gasteiger charge is -2.39. The van der Waals surface area contributed by atoms with Crippen molar-refractivity contribution in [1.82, 2.24) is 4.90 Å². The summed E-state index contributed by atoms with van der Waals surface area (Å²) in [6, 6.07) is 10.5. The molecule has 0 aromatic heterocycles. The maximum absolute atomic E-state index is 13.0. The Kier molecular flexibility index (Phi) is 4.87. The number of anilines is 1. The molecule has 2 aliphatic rings. The molecule has 1 heterocycles. The first-order valence-corrected chi connectivity index (χ1v) is 9.90. The Bertz CT molecular complexity index is 928. The molecule has 6 heteroatoms. The van der Waals surface area contributed by atoms with Crippen LogP contribution >= 0.6 is 23.2 Å². The van der Waals surface area contributed by atoms with Gasteiger partial charge in [0.25, 0.3) is 5.91 Å². The molecule has 1 aliphatic heterocycles. The van der Waals surface area contributed by atoms with Gasteiger partial charge in [-0.15, -0.1) is 0 Å². The van der Waals surface area contributed by atoms with Crippen molar-refractivity contribution in [1.29, 1.82) is 0 Å². The largest absolute Gasteiger partial charge is 0.325 e. The summed E-state index contributed by atoms with van der Waals surface area (Å²) in [5.41, 5.74) is 4.08. The van der Waals surface area contributed by atoms with Crippen LogP contribution in [0.5, 0.6) is 0 Å². The standard InChI is InChI=1S/C21H20Cl2N2O2/c1-13-20(26)25(17-7-5-14-3-2-4-15(14)11-17)10-9-24(13)21(27)16-6-8-18(22)19(23)12-16/h5-8,11-13H,2-4,9-10H2,1H3/t13-/m1/s1. The third-order valence-corrected chi connectivity index (χ3v) is 6.22. The zero-order valence-corrected chi connectivity index (χ0v) is 16.6. The molecule has 0 bridgehead atoms. The molecule has 0 radical (unpaired) electrons. The fourth-order valence-electron chi connectivity index (χ4n) is 3.93. The zero-order chi connectivity index (χ0) is 19.1. The number of hydrogen-bond acceptors (Lipinski definition) is 2. The lowest BCUT2D eigenvalue weighted by Crippen LogP contribution is -2.57. The number of aryl methyl sites for hydroxylation is 2. The SMILES string of the molecule is C[C@@H]1C(=O)N(c2ccc3c(c2)CCC3)CCN1C(=O)c1ccc(Cl)c(Cl)c1. The number of hydrogen-bond donors (Lipinski definition) is 0. The summed E-state index contributed by atoms with van der Waals surface area (Å²) in [6.45, 7) is 2.73. The Labute approximate surface area is 168 Å². The van der Waals surface area contributed by atoms with E-state index >= 15 is 0 Å². The summed E-state index contributed by atoms with van der Waals surface area (Å²) >= 11 is 12.0. The smallest absolute Gasteiger partial charge is 0.254 e. The Balaban J connectivity index is 1.54. The number of carbonyl (C=O) groups is 2. The Morgan fingerprint density at radius 1 is 1.00 bits per heavy atom. The maximum atomic E-state index is 13.0. The first-order valence-electron chi connectivity index (χ1n) is 9.15. The van der Waals surface area contributed by atoms with E-state index in [-0.39, 0.29) is 11.8 Å². The van der Waals surface area contributed by atoms with E-state index in [1.807, 2.05) is 6.07 Å². The van der Waals surface area contributed by atoms with E-state index in [4.69, 9.17) is 23.2 Å². The molecule has 2 amide bonds. The molecule has 27 heavy (non-hydrogen) atoms. The minimum absolute atomic E-state index is 0.0624. The van der Waals surface area contributed by atoms with Crippen molar-refractivity contribution < 1.29 is 9.59 Å². The van der Waals surface area contributed by atoms with Crippen molar-refractivity contribution in [3.05, 3.63) is 63.1 Å². The number of piperazine rings is 1. The average molecular weight is 403 g/mol. The third-order valence-electron chi connectivity index (χ3n) is 5.48. The van der Waals surface area contributed by atoms with E-state index < -0.39 is 6.04 Å². The van der Waals surface area contributed by atoms with Crippen LogP contribution in [0.25, 0.3) is 0 Å². The molecule has 140 valence electrons. The molecule has 1 aliphatic carbocycles. The Hall–Kier alpha value is -2.04. The molecule has 0 spiro atoms. The van der Waals surface area contributed by atoms with E-state index in [1.165, 1.54) is 17.5 Å². The molecule has 4 rings (SSSR count). The molecular weight excluding hydrogens is 383 g/mol. The van der Waals surface area contributed by atoms with Gasteiger partial charge in [-0.2, -0.15) is 0 Å². The van der Waals surface area contributed by atoms with Crippen LogP contribution in [0.15, 0.2) is 36.4 Å². The van der Waals surface area contributed by atoms with Gasteiger partial charge in [-0.05, 0) is 67.6 Å². The van der Waals surface area contributed by atoms with Gasteiger partial charge in [0.05, 0.1) is 10.0 Å². The molecular formula is C21H20Cl2N2O2. The highest BCUT2D eigenvalue weighted by Crippen LogP contribution is 2.29. The Morgan fingerprint density at radius 3 is 2.56 bits per heavy atom. The van der Waals surface area contributed by atoms with Crippen molar-refractivity contribution in [2.45, 2.75) is 32.2 Å². The minimum atomic E-state index is -0.533. The van der Waals surface area contributed by atoms with Crippen LogP contribution in [0.4, 0.5) is 5.69 Å². The van der Waals surface area contributed by atoms with Crippen LogP contribution in [0.2, 0.25) is 10.0 Å². The van der Waals surface area contributed by atoms with Gasteiger partial charge in [-0.25, -0.2) is 0 Å². The monoisotopic (exact) mass is 402 g/mol. The molecule has 1 fully saturated rings. The van der Waals surface area contributed by atoms with Crippen LogP contribution in [0.1, 0.15) is 34.8 Å². The second-order valence-corrected chi connectivity index (χ2v) is 7.91. The first kappa shape index (κ1) is 18.3. The second-order valence-electron chi connectivity index (χ2n) is 7.10. The highest BCUT2D eigenvalue weighted by atomic mass is 35.5. The van der Waals surface area contributed by atoms with E-state index in [1.54, 1.807) is 34.9 Å². The van der Waals surface area contributed by atoms with Gasteiger partial charge in [0.15, 0.2) is 0 Å². The summed E-state index contributed by atoms with van der Waals surface area (Å²) in [4.78, 5) is 29.2. The highest BCUT2D eigenvalue weighted by molar-refractivity contribution is 6.42. The van der Waals surface area contributed by atoms with Gasteiger partial charge >= 0.3 is 0 Å². The quantitative estimate of drug-likeness (QED) is 0.748. The van der Waals surface area contributed by atoms with E-state index in [9.17, 15) is 9.59 Å². The summed E-state index contributed by atoms with van der Waals surface area (Å²) in [5.74, 6) is -0.268. The topological polar surface area (TPSA) is 40.6 Å². The van der Waals surface area contributed by atoms with Crippen molar-refractivity contribution in [3.8, 4) is 0 Å². The summed E-state index contributed by atoms with van der Waals surface area (Å²) < 4.78 is 0. The molecule has 1 atom stereocenters. The zero-order valence-electron chi connectivity index (χ0n) is 15.0. The number of benzene rings is 2. The van der Waals surface area contributed by atoms with Gasteiger partial charge in [0.2, 0.25) is 5.91 Å². The third kappa shape index (κ3) is 3.32. The van der Waals surface area contributed by atoms with Crippen LogP contribution < -0.4 is 4.90 Å². The first-order chi connectivity index (χ1) is 13.0. The summed E-state index contributed by atoms with van der Waals surface area (Å²) in [6.07, 6.45) is 3.36. The predicted octanol–water partition coefficient (Wildman–Crippen LogP) is 4.36. The Morgan fingerprint density at radius 2 is 1.78 bits per heavy atom. The van der Waals surface area contributed by atoms with E-state index in [0.717, 1.165) is 18.5 Å². The predicted molar refractivity (Wildman–Crippen MR) is 108 cm³/mol. The summed E-state index contributed by atoms with van der Waals surface area (Å²) in [7, 11) is 0.